The van der Waals surface area contributed by atoms with Crippen LogP contribution in [-0.4, -0.2) is 29.7 Å². The highest BCUT2D eigenvalue weighted by Gasteiger charge is 2.27. The molecule has 0 atom stereocenters. The highest BCUT2D eigenvalue weighted by molar-refractivity contribution is 5.97. The lowest BCUT2D eigenvalue weighted by Gasteiger charge is -2.22. The molecular formula is C12H12FN5O2. The maximum Gasteiger partial charge on any atom is 0.269 e. The summed E-state index contributed by atoms with van der Waals surface area (Å²) in [6, 6.07) is 5.83. The number of hydrazone groups is 1. The normalized spacial score (nSPS) is 13.6. The van der Waals surface area contributed by atoms with Crippen LogP contribution in [-0.2, 0) is 4.84 Å². The fourth-order valence-corrected chi connectivity index (χ4v) is 1.79. The van der Waals surface area contributed by atoms with Gasteiger partial charge >= 0.3 is 0 Å². The number of nitrogens with zero attached hydrogens (tertiary/aromatic N) is 4. The first-order valence-electron chi connectivity index (χ1n) is 5.84. The Morgan fingerprint density at radius 2 is 2.05 bits per heavy atom. The van der Waals surface area contributed by atoms with Gasteiger partial charge in [0.2, 0.25) is 11.7 Å². The van der Waals surface area contributed by atoms with Gasteiger partial charge in [0.15, 0.2) is 0 Å². The van der Waals surface area contributed by atoms with Crippen molar-refractivity contribution >= 4 is 11.7 Å². The van der Waals surface area contributed by atoms with Gasteiger partial charge in [-0.25, -0.2) is 14.1 Å². The van der Waals surface area contributed by atoms with Crippen molar-refractivity contribution in [3.05, 3.63) is 42.0 Å². The number of benzene rings is 1. The highest BCUT2D eigenvalue weighted by atomic mass is 19.1. The van der Waals surface area contributed by atoms with E-state index >= 15 is 0 Å². The van der Waals surface area contributed by atoms with E-state index in [0.29, 0.717) is 17.3 Å². The Bertz CT molecular complexity index is 652. The molecule has 1 aliphatic heterocycles. The van der Waals surface area contributed by atoms with Gasteiger partial charge in [-0.2, -0.15) is 0 Å². The minimum atomic E-state index is -0.324. The highest BCUT2D eigenvalue weighted by Crippen LogP contribution is 2.31. The van der Waals surface area contributed by atoms with Crippen LogP contribution in [0, 0.1) is 5.82 Å². The number of ether oxygens (including phenoxy) is 1. The molecule has 7 nitrogen and oxygen atoms in total. The Hall–Kier alpha value is -2.61. The van der Waals surface area contributed by atoms with Crippen LogP contribution in [0.3, 0.4) is 0 Å². The number of anilines is 1. The van der Waals surface area contributed by atoms with Crippen LogP contribution in [0.25, 0.3) is 0 Å². The minimum absolute atomic E-state index is 0.288. The number of aromatic nitrogens is 2. The summed E-state index contributed by atoms with van der Waals surface area (Å²) in [5, 5.41) is 5.41. The van der Waals surface area contributed by atoms with Gasteiger partial charge in [0.05, 0.1) is 7.11 Å². The Labute approximate surface area is 114 Å². The number of hydrogen-bond donors (Lipinski definition) is 1. The zero-order valence-corrected chi connectivity index (χ0v) is 10.9. The van der Waals surface area contributed by atoms with E-state index in [-0.39, 0.29) is 11.7 Å². The van der Waals surface area contributed by atoms with E-state index < -0.39 is 0 Å². The second kappa shape index (κ2) is 4.82. The van der Waals surface area contributed by atoms with Crippen molar-refractivity contribution in [2.75, 3.05) is 24.8 Å². The molecule has 0 bridgehead atoms. The summed E-state index contributed by atoms with van der Waals surface area (Å²) >= 11 is 0. The zero-order valence-electron chi connectivity index (χ0n) is 10.9. The second-order valence-corrected chi connectivity index (χ2v) is 3.94. The number of halogens is 1. The predicted molar refractivity (Wildman–Crippen MR) is 70.6 cm³/mol. The summed E-state index contributed by atoms with van der Waals surface area (Å²) in [5.41, 5.74) is 3.52. The molecule has 2 heterocycles. The Morgan fingerprint density at radius 3 is 2.70 bits per heavy atom. The molecular weight excluding hydrogens is 265 g/mol. The van der Waals surface area contributed by atoms with Gasteiger partial charge in [0.1, 0.15) is 12.1 Å². The van der Waals surface area contributed by atoms with E-state index in [9.17, 15) is 4.39 Å². The van der Waals surface area contributed by atoms with Gasteiger partial charge in [-0.05, 0) is 24.3 Å². The average molecular weight is 277 g/mol. The van der Waals surface area contributed by atoms with E-state index in [4.69, 9.17) is 9.57 Å². The lowest BCUT2D eigenvalue weighted by atomic mass is 10.2. The average Bonchev–Trinajstić information content (AvgIpc) is 2.90. The molecule has 0 saturated heterocycles. The number of fused-ring (bicyclic) bond motifs is 1. The fourth-order valence-electron chi connectivity index (χ4n) is 1.79. The van der Waals surface area contributed by atoms with E-state index in [1.165, 1.54) is 24.4 Å². The number of hydrogen-bond acceptors (Lipinski definition) is 6. The summed E-state index contributed by atoms with van der Waals surface area (Å²) in [6.45, 7) is 0. The van der Waals surface area contributed by atoms with Crippen molar-refractivity contribution in [1.82, 2.24) is 9.66 Å². The molecule has 0 radical (unpaired) electrons. The van der Waals surface area contributed by atoms with Crippen LogP contribution in [0.15, 0.2) is 35.7 Å². The molecule has 2 aromatic rings. The maximum atomic E-state index is 13.0. The molecule has 0 unspecified atom stereocenters. The molecule has 0 saturated carbocycles. The van der Waals surface area contributed by atoms with Crippen LogP contribution in [0.2, 0.25) is 0 Å². The molecule has 20 heavy (non-hydrogen) atoms. The molecule has 0 amide bonds. The van der Waals surface area contributed by atoms with Crippen LogP contribution in [0.5, 0.6) is 5.88 Å². The maximum absolute atomic E-state index is 13.0. The predicted octanol–water partition coefficient (Wildman–Crippen LogP) is 1.32. The summed E-state index contributed by atoms with van der Waals surface area (Å²) in [4.78, 5) is 9.27. The first-order valence-corrected chi connectivity index (χ1v) is 5.84. The number of nitrogens with one attached hydrogen (secondary N) is 1. The Kier molecular flexibility index (Phi) is 2.99. The largest absolute Gasteiger partial charge is 0.414 e. The first kappa shape index (κ1) is 12.4. The van der Waals surface area contributed by atoms with Crippen molar-refractivity contribution in [1.29, 1.82) is 0 Å². The van der Waals surface area contributed by atoms with Crippen molar-refractivity contribution in [3.8, 4) is 5.88 Å². The van der Waals surface area contributed by atoms with Gasteiger partial charge in [0, 0.05) is 12.6 Å². The molecule has 0 spiro atoms. The monoisotopic (exact) mass is 277 g/mol. The van der Waals surface area contributed by atoms with Gasteiger partial charge < -0.3 is 10.2 Å². The summed E-state index contributed by atoms with van der Waals surface area (Å²) in [5.74, 6) is 0.822. The van der Waals surface area contributed by atoms with Crippen LogP contribution >= 0.6 is 0 Å². The lowest BCUT2D eigenvalue weighted by Crippen LogP contribution is -2.28. The molecule has 3 rings (SSSR count). The minimum Gasteiger partial charge on any atom is -0.414 e. The van der Waals surface area contributed by atoms with Gasteiger partial charge in [-0.15, -0.1) is 10.3 Å². The van der Waals surface area contributed by atoms with E-state index in [1.54, 1.807) is 30.2 Å². The quantitative estimate of drug-likeness (QED) is 0.916. The summed E-state index contributed by atoms with van der Waals surface area (Å²) in [7, 11) is 3.20. The summed E-state index contributed by atoms with van der Waals surface area (Å²) < 4.78 is 20.2. The standard InChI is InChI=1S/C12H12FN5O2/c1-14-17-7-15-10-12(17)20-11(16-18(10)19-2)8-3-5-9(13)6-4-8/h3-7,14H,1-2H3. The van der Waals surface area contributed by atoms with Gasteiger partial charge in [-0.1, -0.05) is 0 Å². The molecule has 0 aliphatic carbocycles. The smallest absolute Gasteiger partial charge is 0.269 e. The Balaban J connectivity index is 2.01. The molecule has 1 N–H and O–H groups in total. The SMILES string of the molecule is CNn1cnc2c1OC(c1ccc(F)cc1)=NN2OC. The zero-order chi connectivity index (χ0) is 14.1. The van der Waals surface area contributed by atoms with Crippen molar-refractivity contribution < 1.29 is 14.0 Å². The molecule has 1 aromatic heterocycles. The third kappa shape index (κ3) is 1.95. The van der Waals surface area contributed by atoms with E-state index in [0.717, 1.165) is 0 Å². The van der Waals surface area contributed by atoms with Crippen molar-refractivity contribution in [2.45, 2.75) is 0 Å². The van der Waals surface area contributed by atoms with Gasteiger partial charge in [-0.3, -0.25) is 4.84 Å². The fraction of sp³-hybridized carbons (Fsp3) is 0.167. The third-order valence-corrected chi connectivity index (χ3v) is 2.77. The molecule has 0 fully saturated rings. The lowest BCUT2D eigenvalue weighted by molar-refractivity contribution is 0.160. The number of rotatable bonds is 3. The molecule has 104 valence electrons. The molecule has 1 aromatic carbocycles. The first-order chi connectivity index (χ1) is 9.72. The van der Waals surface area contributed by atoms with E-state index in [2.05, 4.69) is 15.5 Å². The second-order valence-electron chi connectivity index (χ2n) is 3.94. The Morgan fingerprint density at radius 1 is 1.30 bits per heavy atom. The summed E-state index contributed by atoms with van der Waals surface area (Å²) in [6.07, 6.45) is 1.54. The van der Waals surface area contributed by atoms with E-state index in [1.807, 2.05) is 0 Å². The number of imidazole rings is 1. The van der Waals surface area contributed by atoms with Gasteiger partial charge in [0.25, 0.3) is 5.88 Å². The van der Waals surface area contributed by atoms with Crippen LogP contribution < -0.4 is 15.3 Å². The third-order valence-electron chi connectivity index (χ3n) is 2.77. The topological polar surface area (TPSA) is 63.9 Å². The van der Waals surface area contributed by atoms with Crippen LogP contribution in [0.4, 0.5) is 10.2 Å². The molecule has 1 aliphatic rings. The van der Waals surface area contributed by atoms with Crippen molar-refractivity contribution in [2.24, 2.45) is 5.10 Å². The van der Waals surface area contributed by atoms with Crippen LogP contribution in [0.1, 0.15) is 5.56 Å². The molecule has 8 heteroatoms. The van der Waals surface area contributed by atoms with Crippen molar-refractivity contribution in [3.63, 3.8) is 0 Å².